The summed E-state index contributed by atoms with van der Waals surface area (Å²) >= 11 is 5.84. The summed E-state index contributed by atoms with van der Waals surface area (Å²) in [6, 6.07) is 5.14. The number of halogens is 1. The van der Waals surface area contributed by atoms with E-state index < -0.39 is 0 Å². The van der Waals surface area contributed by atoms with Crippen molar-refractivity contribution in [3.05, 3.63) is 47.0 Å². The van der Waals surface area contributed by atoms with Crippen LogP contribution < -0.4 is 0 Å². The Labute approximate surface area is 106 Å². The predicted octanol–water partition coefficient (Wildman–Crippen LogP) is 2.27. The van der Waals surface area contributed by atoms with Crippen molar-refractivity contribution in [1.29, 1.82) is 0 Å². The van der Waals surface area contributed by atoms with Crippen molar-refractivity contribution in [2.75, 3.05) is 19.7 Å². The second-order valence-corrected chi connectivity index (χ2v) is 4.16. The van der Waals surface area contributed by atoms with Gasteiger partial charge in [-0.25, -0.2) is 0 Å². The highest BCUT2D eigenvalue weighted by Crippen LogP contribution is 2.16. The highest BCUT2D eigenvalue weighted by molar-refractivity contribution is 6.30. The van der Waals surface area contributed by atoms with Crippen LogP contribution in [0, 0.1) is 6.92 Å². The number of carbonyl (C=O) groups is 1. The first-order chi connectivity index (χ1) is 8.10. The number of carbonyl (C=O) groups excluding carboxylic acids is 1. The van der Waals surface area contributed by atoms with Crippen LogP contribution in [-0.4, -0.2) is 35.6 Å². The van der Waals surface area contributed by atoms with Gasteiger partial charge in [-0.15, -0.1) is 6.58 Å². The number of rotatable bonds is 5. The summed E-state index contributed by atoms with van der Waals surface area (Å²) in [6.45, 7) is 6.09. The van der Waals surface area contributed by atoms with Crippen LogP contribution in [0.4, 0.5) is 0 Å². The van der Waals surface area contributed by atoms with Gasteiger partial charge in [-0.2, -0.15) is 0 Å². The van der Waals surface area contributed by atoms with Crippen LogP contribution in [0.15, 0.2) is 30.9 Å². The first kappa shape index (κ1) is 13.7. The molecule has 1 N–H and O–H groups in total. The van der Waals surface area contributed by atoms with Gasteiger partial charge in [-0.05, 0) is 30.7 Å². The van der Waals surface area contributed by atoms with Crippen molar-refractivity contribution in [2.24, 2.45) is 0 Å². The number of aliphatic hydroxyl groups excluding tert-OH is 1. The van der Waals surface area contributed by atoms with Crippen molar-refractivity contribution in [2.45, 2.75) is 6.92 Å². The van der Waals surface area contributed by atoms with Crippen molar-refractivity contribution in [3.63, 3.8) is 0 Å². The van der Waals surface area contributed by atoms with Gasteiger partial charge in [0.05, 0.1) is 6.61 Å². The van der Waals surface area contributed by atoms with E-state index in [0.29, 0.717) is 23.7 Å². The minimum atomic E-state index is -0.117. The van der Waals surface area contributed by atoms with Crippen LogP contribution >= 0.6 is 11.6 Å². The number of hydrogen-bond donors (Lipinski definition) is 1. The van der Waals surface area contributed by atoms with Gasteiger partial charge in [-0.3, -0.25) is 4.79 Å². The summed E-state index contributed by atoms with van der Waals surface area (Å²) in [5.74, 6) is -0.117. The molecule has 0 saturated heterocycles. The van der Waals surface area contributed by atoms with Crippen molar-refractivity contribution >= 4 is 17.5 Å². The smallest absolute Gasteiger partial charge is 0.254 e. The molecule has 1 amide bonds. The molecule has 0 radical (unpaired) electrons. The van der Waals surface area contributed by atoms with Gasteiger partial charge in [0.25, 0.3) is 5.91 Å². The number of amides is 1. The lowest BCUT2D eigenvalue weighted by Crippen LogP contribution is -2.34. The minimum absolute atomic E-state index is 0.0633. The normalized spacial score (nSPS) is 10.1. The molecular weight excluding hydrogens is 238 g/mol. The lowest BCUT2D eigenvalue weighted by Gasteiger charge is -2.21. The highest BCUT2D eigenvalue weighted by Gasteiger charge is 2.15. The van der Waals surface area contributed by atoms with Crippen molar-refractivity contribution < 1.29 is 9.90 Å². The molecule has 0 heterocycles. The van der Waals surface area contributed by atoms with Gasteiger partial charge in [0, 0.05) is 23.7 Å². The molecule has 1 aromatic carbocycles. The first-order valence-electron chi connectivity index (χ1n) is 5.37. The summed E-state index contributed by atoms with van der Waals surface area (Å²) in [7, 11) is 0. The molecule has 0 bridgehead atoms. The molecule has 0 spiro atoms. The molecule has 0 fully saturated rings. The van der Waals surface area contributed by atoms with E-state index in [4.69, 9.17) is 16.7 Å². The van der Waals surface area contributed by atoms with E-state index in [-0.39, 0.29) is 12.5 Å². The van der Waals surface area contributed by atoms with E-state index in [1.54, 1.807) is 29.2 Å². The lowest BCUT2D eigenvalue weighted by atomic mass is 10.1. The fourth-order valence-electron chi connectivity index (χ4n) is 1.59. The van der Waals surface area contributed by atoms with Crippen LogP contribution in [0.3, 0.4) is 0 Å². The van der Waals surface area contributed by atoms with Crippen molar-refractivity contribution in [1.82, 2.24) is 4.90 Å². The van der Waals surface area contributed by atoms with Crippen LogP contribution in [0.25, 0.3) is 0 Å². The van der Waals surface area contributed by atoms with E-state index in [9.17, 15) is 4.79 Å². The van der Waals surface area contributed by atoms with Crippen molar-refractivity contribution in [3.8, 4) is 0 Å². The first-order valence-corrected chi connectivity index (χ1v) is 5.75. The van der Waals surface area contributed by atoms with Gasteiger partial charge in [0.15, 0.2) is 0 Å². The van der Waals surface area contributed by atoms with E-state index in [2.05, 4.69) is 6.58 Å². The zero-order valence-corrected chi connectivity index (χ0v) is 10.6. The topological polar surface area (TPSA) is 40.5 Å². The Hall–Kier alpha value is -1.32. The summed E-state index contributed by atoms with van der Waals surface area (Å²) in [6.07, 6.45) is 1.64. The quantitative estimate of drug-likeness (QED) is 0.818. The third kappa shape index (κ3) is 3.58. The highest BCUT2D eigenvalue weighted by atomic mass is 35.5. The molecule has 1 rings (SSSR count). The molecule has 3 nitrogen and oxygen atoms in total. The third-order valence-corrected chi connectivity index (χ3v) is 2.66. The Bertz CT molecular complexity index is 418. The Morgan fingerprint density at radius 1 is 1.59 bits per heavy atom. The Balaban J connectivity index is 2.96. The fraction of sp³-hybridized carbons (Fsp3) is 0.308. The van der Waals surface area contributed by atoms with E-state index in [0.717, 1.165) is 5.56 Å². The molecule has 1 aromatic rings. The standard InChI is InChI=1S/C13H16ClNO2/c1-3-6-15(7-8-16)13(17)12-5-4-11(14)9-10(12)2/h3-5,9,16H,1,6-8H2,2H3. The molecule has 92 valence electrons. The maximum absolute atomic E-state index is 12.2. The molecule has 0 unspecified atom stereocenters. The van der Waals surface area contributed by atoms with E-state index >= 15 is 0 Å². The molecule has 4 heteroatoms. The van der Waals surface area contributed by atoms with Crippen LogP contribution in [-0.2, 0) is 0 Å². The molecule has 0 atom stereocenters. The van der Waals surface area contributed by atoms with Gasteiger partial charge >= 0.3 is 0 Å². The number of hydrogen-bond acceptors (Lipinski definition) is 2. The minimum Gasteiger partial charge on any atom is -0.395 e. The Kier molecular flexibility index (Phi) is 5.19. The maximum Gasteiger partial charge on any atom is 0.254 e. The summed E-state index contributed by atoms with van der Waals surface area (Å²) in [5.41, 5.74) is 1.43. The SMILES string of the molecule is C=CCN(CCO)C(=O)c1ccc(Cl)cc1C. The number of aryl methyl sites for hydroxylation is 1. The molecule has 0 aliphatic carbocycles. The monoisotopic (exact) mass is 253 g/mol. The average Bonchev–Trinajstić information content (AvgIpc) is 2.28. The second-order valence-electron chi connectivity index (χ2n) is 3.72. The second kappa shape index (κ2) is 6.42. The van der Waals surface area contributed by atoms with Gasteiger partial charge in [0.2, 0.25) is 0 Å². The zero-order valence-electron chi connectivity index (χ0n) is 9.82. The molecule has 0 aliphatic rings. The van der Waals surface area contributed by atoms with Gasteiger partial charge in [-0.1, -0.05) is 17.7 Å². The Morgan fingerprint density at radius 2 is 2.29 bits per heavy atom. The Morgan fingerprint density at radius 3 is 2.82 bits per heavy atom. The van der Waals surface area contributed by atoms with Gasteiger partial charge < -0.3 is 10.0 Å². The van der Waals surface area contributed by atoms with Crippen LogP contribution in [0.1, 0.15) is 15.9 Å². The molecule has 0 aliphatic heterocycles. The fourth-order valence-corrected chi connectivity index (χ4v) is 1.82. The lowest BCUT2D eigenvalue weighted by molar-refractivity contribution is 0.0742. The van der Waals surface area contributed by atoms with Crippen LogP contribution in [0.5, 0.6) is 0 Å². The zero-order chi connectivity index (χ0) is 12.8. The number of aliphatic hydroxyl groups is 1. The van der Waals surface area contributed by atoms with E-state index in [1.165, 1.54) is 0 Å². The number of benzene rings is 1. The summed E-state index contributed by atoms with van der Waals surface area (Å²) in [5, 5.41) is 9.53. The molecule has 0 saturated carbocycles. The molecule has 17 heavy (non-hydrogen) atoms. The van der Waals surface area contributed by atoms with Gasteiger partial charge in [0.1, 0.15) is 0 Å². The molecule has 0 aromatic heterocycles. The number of nitrogens with zero attached hydrogens (tertiary/aromatic N) is 1. The summed E-state index contributed by atoms with van der Waals surface area (Å²) < 4.78 is 0. The summed E-state index contributed by atoms with van der Waals surface area (Å²) in [4.78, 5) is 13.7. The predicted molar refractivity (Wildman–Crippen MR) is 69.4 cm³/mol. The van der Waals surface area contributed by atoms with E-state index in [1.807, 2.05) is 6.92 Å². The molecular formula is C13H16ClNO2. The van der Waals surface area contributed by atoms with Crippen LogP contribution in [0.2, 0.25) is 5.02 Å². The largest absolute Gasteiger partial charge is 0.395 e. The third-order valence-electron chi connectivity index (χ3n) is 2.43. The average molecular weight is 254 g/mol. The maximum atomic E-state index is 12.2.